The van der Waals surface area contributed by atoms with Crippen LogP contribution >= 0.6 is 15.9 Å². The molecule has 0 bridgehead atoms. The average Bonchev–Trinajstić information content (AvgIpc) is 2.63. The minimum absolute atomic E-state index is 0.759. The number of hydrogen-bond acceptors (Lipinski definition) is 0. The molecule has 0 aromatic rings. The second-order valence-electron chi connectivity index (χ2n) is 4.74. The van der Waals surface area contributed by atoms with Crippen LogP contribution in [0.2, 0.25) is 0 Å². The van der Waals surface area contributed by atoms with Gasteiger partial charge in [0.2, 0.25) is 0 Å². The molecule has 1 aliphatic carbocycles. The van der Waals surface area contributed by atoms with Crippen molar-refractivity contribution in [3.05, 3.63) is 16.5 Å². The van der Waals surface area contributed by atoms with Crippen molar-refractivity contribution in [3.8, 4) is 0 Å². The lowest BCUT2D eigenvalue weighted by Crippen LogP contribution is -2.17. The molecule has 0 N–H and O–H groups in total. The van der Waals surface area contributed by atoms with Gasteiger partial charge in [0.15, 0.2) is 0 Å². The molecule has 1 aliphatic rings. The van der Waals surface area contributed by atoms with E-state index in [2.05, 4.69) is 50.0 Å². The zero-order valence-electron chi connectivity index (χ0n) is 9.81. The van der Waals surface area contributed by atoms with Crippen LogP contribution in [0.5, 0.6) is 0 Å². The highest BCUT2D eigenvalue weighted by Gasteiger charge is 2.35. The van der Waals surface area contributed by atoms with Gasteiger partial charge in [-0.05, 0) is 44.0 Å². The molecule has 80 valence electrons. The van der Waals surface area contributed by atoms with E-state index < -0.39 is 0 Å². The van der Waals surface area contributed by atoms with E-state index in [9.17, 15) is 0 Å². The highest BCUT2D eigenvalue weighted by molar-refractivity contribution is 9.11. The normalized spacial score (nSPS) is 28.6. The van der Waals surface area contributed by atoms with Crippen molar-refractivity contribution in [2.45, 2.75) is 47.0 Å². The van der Waals surface area contributed by atoms with Crippen LogP contribution in [-0.2, 0) is 0 Å². The predicted octanol–water partition coefficient (Wildman–Crippen LogP) is 4.95. The summed E-state index contributed by atoms with van der Waals surface area (Å²) in [5, 5.41) is 0. The third-order valence-electron chi connectivity index (χ3n) is 3.57. The molecule has 0 aromatic heterocycles. The lowest BCUT2D eigenvalue weighted by Gasteiger charge is -2.21. The van der Waals surface area contributed by atoms with Gasteiger partial charge < -0.3 is 0 Å². The van der Waals surface area contributed by atoms with Crippen LogP contribution in [0.25, 0.3) is 0 Å². The van der Waals surface area contributed by atoms with Crippen molar-refractivity contribution < 1.29 is 0 Å². The molecule has 1 saturated carbocycles. The van der Waals surface area contributed by atoms with E-state index in [1.165, 1.54) is 29.3 Å². The Labute approximate surface area is 97.3 Å². The lowest BCUT2D eigenvalue weighted by atomic mass is 9.83. The minimum atomic E-state index is 0.759. The SMILES string of the molecule is C[CH+]C(C)C1CCCC1C(Br)=C(C)C. The molecular weight excluding hydrogens is 236 g/mol. The Bertz CT molecular complexity index is 213. The average molecular weight is 258 g/mol. The zero-order chi connectivity index (χ0) is 10.7. The van der Waals surface area contributed by atoms with Gasteiger partial charge in [-0.2, -0.15) is 0 Å². The van der Waals surface area contributed by atoms with Crippen molar-refractivity contribution in [2.24, 2.45) is 17.8 Å². The Hall–Kier alpha value is 0.0900. The highest BCUT2D eigenvalue weighted by Crippen LogP contribution is 2.44. The molecule has 0 heterocycles. The number of rotatable bonds is 3. The molecule has 0 nitrogen and oxygen atoms in total. The molecule has 0 aliphatic heterocycles. The van der Waals surface area contributed by atoms with Crippen molar-refractivity contribution in [1.29, 1.82) is 0 Å². The summed E-state index contributed by atoms with van der Waals surface area (Å²) < 4.78 is 1.47. The first-order chi connectivity index (χ1) is 6.57. The Kier molecular flexibility index (Phi) is 4.56. The monoisotopic (exact) mass is 257 g/mol. The standard InChI is InChI=1S/C13H22Br/c1-5-10(4)11-7-6-8-12(11)13(14)9(2)3/h5,10-12H,6-8H2,1-4H3/q+1. The van der Waals surface area contributed by atoms with Gasteiger partial charge in [0.05, 0.1) is 19.3 Å². The summed E-state index contributed by atoms with van der Waals surface area (Å²) in [5.74, 6) is 2.41. The van der Waals surface area contributed by atoms with Gasteiger partial charge in [-0.25, -0.2) is 0 Å². The van der Waals surface area contributed by atoms with E-state index in [0.29, 0.717) is 0 Å². The van der Waals surface area contributed by atoms with Gasteiger partial charge in [-0.3, -0.25) is 0 Å². The van der Waals surface area contributed by atoms with Gasteiger partial charge in [-0.1, -0.05) is 27.9 Å². The zero-order valence-corrected chi connectivity index (χ0v) is 11.4. The first-order valence-corrected chi connectivity index (χ1v) is 6.49. The van der Waals surface area contributed by atoms with Gasteiger partial charge in [-0.15, -0.1) is 0 Å². The van der Waals surface area contributed by atoms with E-state index in [4.69, 9.17) is 0 Å². The molecule has 0 saturated heterocycles. The predicted molar refractivity (Wildman–Crippen MR) is 67.3 cm³/mol. The Balaban J connectivity index is 2.74. The molecule has 3 atom stereocenters. The smallest absolute Gasteiger partial charge is 0.0660 e. The molecule has 0 radical (unpaired) electrons. The van der Waals surface area contributed by atoms with Crippen molar-refractivity contribution in [1.82, 2.24) is 0 Å². The summed E-state index contributed by atoms with van der Waals surface area (Å²) >= 11 is 3.77. The number of halogens is 1. The quantitative estimate of drug-likeness (QED) is 0.628. The Morgan fingerprint density at radius 3 is 2.50 bits per heavy atom. The minimum Gasteiger partial charge on any atom is -0.0660 e. The van der Waals surface area contributed by atoms with Crippen LogP contribution in [0.4, 0.5) is 0 Å². The van der Waals surface area contributed by atoms with E-state index in [-0.39, 0.29) is 0 Å². The van der Waals surface area contributed by atoms with Crippen LogP contribution in [0.15, 0.2) is 10.1 Å². The summed E-state index contributed by atoms with van der Waals surface area (Å²) in [5.41, 5.74) is 1.45. The third-order valence-corrected chi connectivity index (χ3v) is 4.95. The lowest BCUT2D eigenvalue weighted by molar-refractivity contribution is 0.348. The van der Waals surface area contributed by atoms with Crippen LogP contribution in [0.1, 0.15) is 47.0 Å². The van der Waals surface area contributed by atoms with Crippen LogP contribution < -0.4 is 0 Å². The van der Waals surface area contributed by atoms with E-state index in [1.807, 2.05) is 0 Å². The van der Waals surface area contributed by atoms with E-state index in [1.54, 1.807) is 0 Å². The fourth-order valence-electron chi connectivity index (χ4n) is 2.55. The number of hydrogen-bond donors (Lipinski definition) is 0. The van der Waals surface area contributed by atoms with Crippen molar-refractivity contribution in [2.75, 3.05) is 0 Å². The summed E-state index contributed by atoms with van der Waals surface area (Å²) in [6, 6.07) is 0. The van der Waals surface area contributed by atoms with Gasteiger partial charge in [0.1, 0.15) is 0 Å². The van der Waals surface area contributed by atoms with Gasteiger partial charge in [0, 0.05) is 5.92 Å². The van der Waals surface area contributed by atoms with Crippen LogP contribution in [-0.4, -0.2) is 0 Å². The first kappa shape index (κ1) is 12.2. The van der Waals surface area contributed by atoms with Gasteiger partial charge in [0.25, 0.3) is 0 Å². The maximum atomic E-state index is 3.77. The van der Waals surface area contributed by atoms with Gasteiger partial charge >= 0.3 is 0 Å². The van der Waals surface area contributed by atoms with Crippen molar-refractivity contribution >= 4 is 15.9 Å². The Morgan fingerprint density at radius 1 is 1.36 bits per heavy atom. The van der Waals surface area contributed by atoms with Crippen LogP contribution in [0.3, 0.4) is 0 Å². The summed E-state index contributed by atoms with van der Waals surface area (Å²) in [4.78, 5) is 0. The maximum Gasteiger partial charge on any atom is 0.0980 e. The van der Waals surface area contributed by atoms with E-state index in [0.717, 1.165) is 17.8 Å². The third kappa shape index (κ3) is 2.56. The molecular formula is C13H22Br+. The molecule has 0 spiro atoms. The first-order valence-electron chi connectivity index (χ1n) is 5.70. The highest BCUT2D eigenvalue weighted by atomic mass is 79.9. The Morgan fingerprint density at radius 2 is 2.00 bits per heavy atom. The summed E-state index contributed by atoms with van der Waals surface area (Å²) in [6.45, 7) is 8.96. The second-order valence-corrected chi connectivity index (χ2v) is 5.60. The van der Waals surface area contributed by atoms with Crippen molar-refractivity contribution in [3.63, 3.8) is 0 Å². The molecule has 3 unspecified atom stereocenters. The summed E-state index contributed by atoms with van der Waals surface area (Å²) in [7, 11) is 0. The molecule has 14 heavy (non-hydrogen) atoms. The molecule has 1 heteroatoms. The van der Waals surface area contributed by atoms with E-state index >= 15 is 0 Å². The molecule has 1 rings (SSSR count). The fraction of sp³-hybridized carbons (Fsp3) is 0.769. The molecule has 1 fully saturated rings. The largest absolute Gasteiger partial charge is 0.0980 e. The maximum absolute atomic E-state index is 3.77. The molecule has 0 amide bonds. The summed E-state index contributed by atoms with van der Waals surface area (Å²) in [6.07, 6.45) is 6.53. The topological polar surface area (TPSA) is 0 Å². The molecule has 0 aromatic carbocycles. The second kappa shape index (κ2) is 5.25. The number of allylic oxidation sites excluding steroid dienone is 2. The fourth-order valence-corrected chi connectivity index (χ4v) is 3.12. The van der Waals surface area contributed by atoms with Crippen LogP contribution in [0, 0.1) is 24.2 Å².